The first-order valence-corrected chi connectivity index (χ1v) is 15.2. The van der Waals surface area contributed by atoms with Crippen LogP contribution in [-0.2, 0) is 11.2 Å². The van der Waals surface area contributed by atoms with Gasteiger partial charge in [0.25, 0.3) is 0 Å². The number of fused-ring (bicyclic) bond motifs is 1. The number of carbonyl (C=O) groups excluding carboxylic acids is 1. The molecule has 0 bridgehead atoms. The summed E-state index contributed by atoms with van der Waals surface area (Å²) in [5.74, 6) is 4.41. The number of hydrogen-bond acceptors (Lipinski definition) is 2. The fourth-order valence-electron chi connectivity index (χ4n) is 7.65. The molecule has 1 aromatic rings. The van der Waals surface area contributed by atoms with Gasteiger partial charge in [0.05, 0.1) is 5.92 Å². The maximum absolute atomic E-state index is 14.3. The molecule has 200 valence electrons. The lowest BCUT2D eigenvalue weighted by Crippen LogP contribution is -2.35. The number of unbranched alkanes of at least 4 members (excludes halogenated alkanes) is 3. The Kier molecular flexibility index (Phi) is 10.5. The van der Waals surface area contributed by atoms with Crippen LogP contribution in [0.3, 0.4) is 0 Å². The van der Waals surface area contributed by atoms with E-state index in [1.807, 2.05) is 0 Å². The maximum atomic E-state index is 14.3. The van der Waals surface area contributed by atoms with Crippen molar-refractivity contribution in [2.24, 2.45) is 35.5 Å². The summed E-state index contributed by atoms with van der Waals surface area (Å²) in [7, 11) is 0. The molecular formula is C33H49FO2. The van der Waals surface area contributed by atoms with Crippen LogP contribution in [0.2, 0.25) is 0 Å². The number of hydrogen-bond donors (Lipinski definition) is 0. The Morgan fingerprint density at radius 3 is 2.36 bits per heavy atom. The van der Waals surface area contributed by atoms with Gasteiger partial charge in [0.15, 0.2) is 0 Å². The highest BCUT2D eigenvalue weighted by molar-refractivity contribution is 5.75. The molecule has 4 atom stereocenters. The van der Waals surface area contributed by atoms with E-state index in [1.54, 1.807) is 18.2 Å². The summed E-state index contributed by atoms with van der Waals surface area (Å²) in [5.41, 5.74) is 0.644. The summed E-state index contributed by atoms with van der Waals surface area (Å²) in [5, 5.41) is 0. The Morgan fingerprint density at radius 1 is 0.944 bits per heavy atom. The van der Waals surface area contributed by atoms with Crippen LogP contribution in [-0.4, -0.2) is 5.97 Å². The minimum absolute atomic E-state index is 0.0377. The van der Waals surface area contributed by atoms with E-state index in [0.717, 1.165) is 61.7 Å². The van der Waals surface area contributed by atoms with Gasteiger partial charge in [-0.25, -0.2) is 4.39 Å². The fraction of sp³-hybridized carbons (Fsp3) is 0.727. The quantitative estimate of drug-likeness (QED) is 0.132. The Morgan fingerprint density at radius 2 is 1.64 bits per heavy atom. The number of benzene rings is 1. The van der Waals surface area contributed by atoms with Crippen molar-refractivity contribution in [1.82, 2.24) is 0 Å². The van der Waals surface area contributed by atoms with Crippen molar-refractivity contribution < 1.29 is 13.9 Å². The molecule has 3 aliphatic rings. The molecule has 2 nitrogen and oxygen atoms in total. The molecule has 0 heterocycles. The second kappa shape index (κ2) is 13.8. The van der Waals surface area contributed by atoms with Crippen LogP contribution in [0.25, 0.3) is 0 Å². The number of halogens is 1. The molecule has 0 N–H and O–H groups in total. The molecule has 1 aromatic carbocycles. The van der Waals surface area contributed by atoms with Crippen molar-refractivity contribution in [3.05, 3.63) is 42.2 Å². The van der Waals surface area contributed by atoms with Crippen LogP contribution in [0.5, 0.6) is 5.75 Å². The van der Waals surface area contributed by atoms with Crippen LogP contribution >= 0.6 is 0 Å². The number of aryl methyl sites for hydroxylation is 1. The number of esters is 1. The van der Waals surface area contributed by atoms with Crippen molar-refractivity contribution in [3.8, 4) is 5.75 Å². The predicted octanol–water partition coefficient (Wildman–Crippen LogP) is 9.46. The van der Waals surface area contributed by atoms with Crippen LogP contribution in [0.15, 0.2) is 30.9 Å². The van der Waals surface area contributed by atoms with E-state index in [0.29, 0.717) is 17.7 Å². The van der Waals surface area contributed by atoms with E-state index in [9.17, 15) is 9.18 Å². The van der Waals surface area contributed by atoms with Gasteiger partial charge in [0.2, 0.25) is 0 Å². The lowest BCUT2D eigenvalue weighted by atomic mass is 9.60. The maximum Gasteiger partial charge on any atom is 0.314 e. The Bertz CT molecular complexity index is 840. The van der Waals surface area contributed by atoms with E-state index in [4.69, 9.17) is 4.74 Å². The molecule has 4 rings (SSSR count). The Balaban J connectivity index is 1.18. The molecule has 0 spiro atoms. The van der Waals surface area contributed by atoms with Crippen molar-refractivity contribution in [2.75, 3.05) is 0 Å². The summed E-state index contributed by atoms with van der Waals surface area (Å²) in [6, 6.07) is 4.82. The predicted molar refractivity (Wildman–Crippen MR) is 146 cm³/mol. The van der Waals surface area contributed by atoms with Gasteiger partial charge < -0.3 is 4.74 Å². The van der Waals surface area contributed by atoms with Gasteiger partial charge in [0.1, 0.15) is 11.6 Å². The number of ether oxygens (including phenoxy) is 1. The van der Waals surface area contributed by atoms with E-state index in [1.165, 1.54) is 76.7 Å². The van der Waals surface area contributed by atoms with Crippen LogP contribution in [0.4, 0.5) is 4.39 Å². The lowest BCUT2D eigenvalue weighted by Gasteiger charge is -2.45. The summed E-state index contributed by atoms with van der Waals surface area (Å²) in [6.45, 7) is 5.99. The molecule has 0 aromatic heterocycles. The first-order chi connectivity index (χ1) is 17.6. The van der Waals surface area contributed by atoms with Crippen LogP contribution in [0, 0.1) is 41.3 Å². The molecule has 0 radical (unpaired) electrons. The molecule has 3 saturated carbocycles. The molecule has 36 heavy (non-hydrogen) atoms. The van der Waals surface area contributed by atoms with E-state index in [-0.39, 0.29) is 17.7 Å². The van der Waals surface area contributed by atoms with Gasteiger partial charge in [-0.15, -0.1) is 6.58 Å². The van der Waals surface area contributed by atoms with E-state index in [2.05, 4.69) is 13.5 Å². The third-order valence-electron chi connectivity index (χ3n) is 9.86. The van der Waals surface area contributed by atoms with Gasteiger partial charge in [-0.1, -0.05) is 57.6 Å². The molecule has 4 unspecified atom stereocenters. The normalized spacial score (nSPS) is 30.4. The van der Waals surface area contributed by atoms with Crippen molar-refractivity contribution in [2.45, 2.75) is 116 Å². The molecule has 0 amide bonds. The van der Waals surface area contributed by atoms with Gasteiger partial charge in [0, 0.05) is 6.07 Å². The minimum Gasteiger partial charge on any atom is -0.426 e. The molecule has 3 aliphatic carbocycles. The van der Waals surface area contributed by atoms with Gasteiger partial charge in [-0.2, -0.15) is 0 Å². The second-order valence-electron chi connectivity index (χ2n) is 12.2. The van der Waals surface area contributed by atoms with E-state index >= 15 is 0 Å². The Labute approximate surface area is 219 Å². The SMILES string of the molecule is C=CCCc1ccc(OC(=O)C2CCC(C3CCC4CC(CCCCCC)CCC4C3)CC2)cc1F. The number of carbonyl (C=O) groups is 1. The first-order valence-electron chi connectivity index (χ1n) is 15.2. The average molecular weight is 497 g/mol. The lowest BCUT2D eigenvalue weighted by molar-refractivity contribution is -0.140. The summed E-state index contributed by atoms with van der Waals surface area (Å²) >= 11 is 0. The molecule has 3 heteroatoms. The summed E-state index contributed by atoms with van der Waals surface area (Å²) in [4.78, 5) is 12.8. The summed E-state index contributed by atoms with van der Waals surface area (Å²) in [6.07, 6.45) is 23.1. The van der Waals surface area contributed by atoms with Crippen LogP contribution in [0.1, 0.15) is 115 Å². The van der Waals surface area contributed by atoms with Crippen LogP contribution < -0.4 is 4.74 Å². The highest BCUT2D eigenvalue weighted by Crippen LogP contribution is 2.49. The average Bonchev–Trinajstić information content (AvgIpc) is 2.90. The van der Waals surface area contributed by atoms with Crippen molar-refractivity contribution >= 4 is 5.97 Å². The minimum atomic E-state index is -0.299. The zero-order chi connectivity index (χ0) is 25.3. The smallest absolute Gasteiger partial charge is 0.314 e. The molecule has 0 saturated heterocycles. The second-order valence-corrected chi connectivity index (χ2v) is 12.2. The number of rotatable bonds is 11. The molecule has 3 fully saturated rings. The molecular weight excluding hydrogens is 447 g/mol. The van der Waals surface area contributed by atoms with Gasteiger partial charge in [-0.05, 0) is 112 Å². The fourth-order valence-corrected chi connectivity index (χ4v) is 7.65. The largest absolute Gasteiger partial charge is 0.426 e. The molecule has 0 aliphatic heterocycles. The highest BCUT2D eigenvalue weighted by atomic mass is 19.1. The first kappa shape index (κ1) is 27.4. The number of allylic oxidation sites excluding steroid dienone is 1. The van der Waals surface area contributed by atoms with Crippen molar-refractivity contribution in [3.63, 3.8) is 0 Å². The van der Waals surface area contributed by atoms with Gasteiger partial charge in [-0.3, -0.25) is 4.79 Å². The third-order valence-corrected chi connectivity index (χ3v) is 9.86. The van der Waals surface area contributed by atoms with E-state index < -0.39 is 0 Å². The Hall–Kier alpha value is -1.64. The zero-order valence-electron chi connectivity index (χ0n) is 22.7. The van der Waals surface area contributed by atoms with Crippen molar-refractivity contribution in [1.29, 1.82) is 0 Å². The summed E-state index contributed by atoms with van der Waals surface area (Å²) < 4.78 is 19.9. The highest BCUT2D eigenvalue weighted by Gasteiger charge is 2.39. The monoisotopic (exact) mass is 496 g/mol. The standard InChI is InChI=1S/C33H49FO2/c1-3-5-7-8-9-24-11-12-30-22-29(18-17-28(30)21-24)25-13-15-27(16-14-25)33(35)36-31-20-19-26(10-6-4-2)32(34)23-31/h4,19-20,23-25,27-30H,2-3,5-18,21-22H2,1H3. The topological polar surface area (TPSA) is 26.3 Å². The van der Waals surface area contributed by atoms with Gasteiger partial charge >= 0.3 is 5.97 Å². The third kappa shape index (κ3) is 7.45. The zero-order valence-corrected chi connectivity index (χ0v) is 22.7.